The highest BCUT2D eigenvalue weighted by atomic mass is 35.5. The second-order valence-electron chi connectivity index (χ2n) is 9.05. The largest absolute Gasteiger partial charge is 0.504 e. The van der Waals surface area contributed by atoms with E-state index in [1.807, 2.05) is 0 Å². The Balaban J connectivity index is 1.84. The van der Waals surface area contributed by atoms with Gasteiger partial charge in [0, 0.05) is 21.1 Å². The third kappa shape index (κ3) is 3.52. The molecule has 0 saturated carbocycles. The zero-order valence-corrected chi connectivity index (χ0v) is 20.7. The van der Waals surface area contributed by atoms with Crippen LogP contribution >= 0.6 is 11.6 Å². The fourth-order valence-corrected chi connectivity index (χ4v) is 4.45. The monoisotopic (exact) mass is 518 g/mol. The Labute approximate surface area is 207 Å². The minimum absolute atomic E-state index is 0.00978. The summed E-state index contributed by atoms with van der Waals surface area (Å²) in [4.78, 5) is 51.5. The average molecular weight is 519 g/mol. The van der Waals surface area contributed by atoms with Crippen molar-refractivity contribution in [1.82, 2.24) is 18.7 Å². The van der Waals surface area contributed by atoms with Crippen molar-refractivity contribution in [3.8, 4) is 23.0 Å². The van der Waals surface area contributed by atoms with Gasteiger partial charge in [-0.1, -0.05) is 11.6 Å². The molecule has 0 saturated heterocycles. The molecule has 13 heteroatoms. The number of phenolic OH excluding ortho intramolecular Hbond substituents is 3. The van der Waals surface area contributed by atoms with Crippen molar-refractivity contribution >= 4 is 33.1 Å². The number of benzene rings is 2. The number of aromatic nitrogens is 4. The van der Waals surface area contributed by atoms with Gasteiger partial charge in [0.2, 0.25) is 0 Å². The zero-order chi connectivity index (χ0) is 26.9. The van der Waals surface area contributed by atoms with Gasteiger partial charge in [-0.3, -0.25) is 28.5 Å². The highest BCUT2D eigenvalue weighted by molar-refractivity contribution is 6.37. The van der Waals surface area contributed by atoms with Crippen molar-refractivity contribution in [3.05, 3.63) is 64.6 Å². The Morgan fingerprint density at radius 2 is 1.28 bits per heavy atom. The number of ether oxygens (including phenoxy) is 1. The van der Waals surface area contributed by atoms with Crippen molar-refractivity contribution in [2.75, 3.05) is 6.61 Å². The molecule has 0 fully saturated rings. The standard InChI is InChI=1S/C23H23ClN4O8/c1-23(2,28-22(35)16-12(21(34)27(28)5)7-14(30)18(31)17(16)24)9-36-15-8-11-10(6-13(15)29)19(32)25(3)26(4)20(11)33/h6-8,29-31H,9H2,1-5H3. The molecule has 0 unspecified atom stereocenters. The van der Waals surface area contributed by atoms with Gasteiger partial charge in [0.25, 0.3) is 22.2 Å². The maximum Gasteiger partial charge on any atom is 0.275 e. The number of phenols is 3. The van der Waals surface area contributed by atoms with Crippen LogP contribution in [0.2, 0.25) is 5.02 Å². The molecule has 0 bridgehead atoms. The maximum atomic E-state index is 13.4. The first-order valence-electron chi connectivity index (χ1n) is 10.6. The van der Waals surface area contributed by atoms with Crippen LogP contribution in [0.25, 0.3) is 21.5 Å². The van der Waals surface area contributed by atoms with E-state index >= 15 is 0 Å². The molecular weight excluding hydrogens is 496 g/mol. The maximum absolute atomic E-state index is 13.4. The summed E-state index contributed by atoms with van der Waals surface area (Å²) in [6.45, 7) is 2.90. The van der Waals surface area contributed by atoms with Crippen LogP contribution in [-0.4, -0.2) is 40.7 Å². The first kappa shape index (κ1) is 24.9. The molecule has 0 aliphatic rings. The molecule has 0 spiro atoms. The van der Waals surface area contributed by atoms with Crippen LogP contribution in [0, 0.1) is 0 Å². The van der Waals surface area contributed by atoms with E-state index in [1.165, 1.54) is 27.2 Å². The number of fused-ring (bicyclic) bond motifs is 2. The van der Waals surface area contributed by atoms with E-state index in [9.17, 15) is 34.5 Å². The van der Waals surface area contributed by atoms with E-state index in [-0.39, 0.29) is 33.9 Å². The Morgan fingerprint density at radius 3 is 1.86 bits per heavy atom. The Kier molecular flexibility index (Phi) is 5.67. The van der Waals surface area contributed by atoms with Crippen LogP contribution in [-0.2, 0) is 26.7 Å². The number of rotatable bonds is 4. The van der Waals surface area contributed by atoms with Gasteiger partial charge in [-0.15, -0.1) is 0 Å². The highest BCUT2D eigenvalue weighted by Gasteiger charge is 2.29. The zero-order valence-electron chi connectivity index (χ0n) is 20.0. The second kappa shape index (κ2) is 8.19. The highest BCUT2D eigenvalue weighted by Crippen LogP contribution is 2.37. The van der Waals surface area contributed by atoms with Crippen molar-refractivity contribution in [2.45, 2.75) is 19.4 Å². The summed E-state index contributed by atoms with van der Waals surface area (Å²) in [5, 5.41) is 29.4. The molecule has 4 rings (SSSR count). The summed E-state index contributed by atoms with van der Waals surface area (Å²) in [6.07, 6.45) is 0. The van der Waals surface area contributed by atoms with Gasteiger partial charge in [-0.2, -0.15) is 0 Å². The van der Waals surface area contributed by atoms with E-state index in [4.69, 9.17) is 16.3 Å². The van der Waals surface area contributed by atoms with E-state index < -0.39 is 50.0 Å². The lowest BCUT2D eigenvalue weighted by Gasteiger charge is -2.30. The fraction of sp³-hybridized carbons (Fsp3) is 0.304. The molecule has 0 atom stereocenters. The molecule has 36 heavy (non-hydrogen) atoms. The van der Waals surface area contributed by atoms with Crippen LogP contribution in [0.1, 0.15) is 13.8 Å². The van der Waals surface area contributed by atoms with E-state index in [2.05, 4.69) is 0 Å². The van der Waals surface area contributed by atoms with Gasteiger partial charge in [0.05, 0.1) is 32.1 Å². The average Bonchev–Trinajstić information content (AvgIpc) is 2.82. The minimum Gasteiger partial charge on any atom is -0.504 e. The summed E-state index contributed by atoms with van der Waals surface area (Å²) in [6, 6.07) is 3.34. The molecule has 2 aromatic heterocycles. The van der Waals surface area contributed by atoms with Gasteiger partial charge >= 0.3 is 0 Å². The number of aromatic hydroxyl groups is 3. The summed E-state index contributed by atoms with van der Waals surface area (Å²) < 4.78 is 10.1. The van der Waals surface area contributed by atoms with Crippen molar-refractivity contribution < 1.29 is 20.1 Å². The van der Waals surface area contributed by atoms with Gasteiger partial charge in [0.15, 0.2) is 23.0 Å². The lowest BCUT2D eigenvalue weighted by atomic mass is 10.1. The van der Waals surface area contributed by atoms with E-state index in [0.717, 1.165) is 30.9 Å². The lowest BCUT2D eigenvalue weighted by molar-refractivity contribution is 0.146. The van der Waals surface area contributed by atoms with Gasteiger partial charge in [-0.25, -0.2) is 9.36 Å². The van der Waals surface area contributed by atoms with Gasteiger partial charge in [0.1, 0.15) is 6.61 Å². The summed E-state index contributed by atoms with van der Waals surface area (Å²) >= 11 is 6.09. The first-order chi connectivity index (χ1) is 16.7. The summed E-state index contributed by atoms with van der Waals surface area (Å²) in [5.41, 5.74) is -3.60. The SMILES string of the molecule is Cn1c(=O)c2cc(O)c(OCC(C)(C)n3c(=O)c4c(Cl)c(O)c(O)cc4c(=O)n3C)cc2c(=O)n1C. The van der Waals surface area contributed by atoms with Gasteiger partial charge in [-0.05, 0) is 32.0 Å². The van der Waals surface area contributed by atoms with Crippen molar-refractivity contribution in [3.63, 3.8) is 0 Å². The first-order valence-corrected chi connectivity index (χ1v) is 11.0. The van der Waals surface area contributed by atoms with Crippen LogP contribution in [0.5, 0.6) is 23.0 Å². The molecule has 2 heterocycles. The van der Waals surface area contributed by atoms with E-state index in [1.54, 1.807) is 13.8 Å². The van der Waals surface area contributed by atoms with E-state index in [0.29, 0.717) is 0 Å². The number of nitrogens with zero attached hydrogens (tertiary/aromatic N) is 4. The molecule has 0 radical (unpaired) electrons. The topological polar surface area (TPSA) is 158 Å². The van der Waals surface area contributed by atoms with Crippen LogP contribution in [0.4, 0.5) is 0 Å². The molecule has 4 aromatic rings. The molecule has 12 nitrogen and oxygen atoms in total. The number of hydrogen-bond donors (Lipinski definition) is 3. The lowest BCUT2D eigenvalue weighted by Crippen LogP contribution is -2.49. The molecule has 190 valence electrons. The fourth-order valence-electron chi connectivity index (χ4n) is 4.17. The number of halogens is 1. The van der Waals surface area contributed by atoms with Crippen LogP contribution in [0.3, 0.4) is 0 Å². The summed E-state index contributed by atoms with van der Waals surface area (Å²) in [7, 11) is 4.19. The van der Waals surface area contributed by atoms with Crippen LogP contribution in [0.15, 0.2) is 37.4 Å². The number of hydrogen-bond acceptors (Lipinski definition) is 8. The predicted molar refractivity (Wildman–Crippen MR) is 133 cm³/mol. The normalized spacial score (nSPS) is 11.9. The molecule has 0 aliphatic heterocycles. The molecule has 0 amide bonds. The molecular formula is C23H23ClN4O8. The van der Waals surface area contributed by atoms with Crippen molar-refractivity contribution in [2.24, 2.45) is 21.1 Å². The Hall–Kier alpha value is -4.19. The van der Waals surface area contributed by atoms with Crippen LogP contribution < -0.4 is 27.0 Å². The Bertz CT molecular complexity index is 1830. The second-order valence-corrected chi connectivity index (χ2v) is 9.43. The summed E-state index contributed by atoms with van der Waals surface area (Å²) in [5.74, 6) is -1.88. The molecule has 0 aliphatic carbocycles. The quantitative estimate of drug-likeness (QED) is 0.335. The third-order valence-electron chi connectivity index (χ3n) is 6.20. The van der Waals surface area contributed by atoms with Gasteiger partial charge < -0.3 is 20.1 Å². The van der Waals surface area contributed by atoms with Crippen molar-refractivity contribution in [1.29, 1.82) is 0 Å². The molecule has 2 aromatic carbocycles. The smallest absolute Gasteiger partial charge is 0.275 e. The molecule has 3 N–H and O–H groups in total. The third-order valence-corrected chi connectivity index (χ3v) is 6.57. The Morgan fingerprint density at radius 1 is 0.778 bits per heavy atom. The predicted octanol–water partition coefficient (Wildman–Crippen LogP) is 0.835. The minimum atomic E-state index is -1.23.